The molecule has 3 aromatic heterocycles. The SMILES string of the molecule is O=C(CCCCCNS(=O)(=O)c1cccs1)N(Cc1cccs1)Cc1cccs1. The number of unbranched alkanes of at least 4 members (excludes halogenated alkanes) is 2. The Morgan fingerprint density at radius 3 is 2.03 bits per heavy atom. The maximum Gasteiger partial charge on any atom is 0.250 e. The molecule has 0 saturated heterocycles. The first-order valence-corrected chi connectivity index (χ1v) is 13.5. The van der Waals surface area contributed by atoms with E-state index < -0.39 is 10.0 Å². The molecule has 0 aliphatic heterocycles. The Morgan fingerprint density at radius 2 is 1.48 bits per heavy atom. The molecule has 1 N–H and O–H groups in total. The van der Waals surface area contributed by atoms with Crippen LogP contribution in [-0.4, -0.2) is 25.8 Å². The highest BCUT2D eigenvalue weighted by atomic mass is 32.2. The average Bonchev–Trinajstić information content (AvgIpc) is 3.47. The molecule has 156 valence electrons. The summed E-state index contributed by atoms with van der Waals surface area (Å²) in [4.78, 5) is 17.0. The molecule has 3 aromatic rings. The van der Waals surface area contributed by atoms with Gasteiger partial charge in [-0.3, -0.25) is 4.79 Å². The van der Waals surface area contributed by atoms with Crippen molar-refractivity contribution in [3.8, 4) is 0 Å². The molecule has 9 heteroatoms. The number of nitrogens with one attached hydrogen (secondary N) is 1. The lowest BCUT2D eigenvalue weighted by molar-refractivity contribution is -0.132. The Bertz CT molecular complexity index is 913. The van der Waals surface area contributed by atoms with Crippen LogP contribution in [0.5, 0.6) is 0 Å². The summed E-state index contributed by atoms with van der Waals surface area (Å²) in [5.74, 6) is 0.144. The van der Waals surface area contributed by atoms with Crippen molar-refractivity contribution in [2.75, 3.05) is 6.54 Å². The molecule has 0 fully saturated rings. The number of amides is 1. The van der Waals surface area contributed by atoms with Gasteiger partial charge < -0.3 is 4.90 Å². The van der Waals surface area contributed by atoms with Crippen LogP contribution < -0.4 is 4.72 Å². The molecule has 0 aliphatic rings. The summed E-state index contributed by atoms with van der Waals surface area (Å²) in [6.45, 7) is 1.66. The number of carbonyl (C=O) groups excluding carboxylic acids is 1. The van der Waals surface area contributed by atoms with Gasteiger partial charge in [-0.1, -0.05) is 24.6 Å². The van der Waals surface area contributed by atoms with Crippen LogP contribution in [0, 0.1) is 0 Å². The fraction of sp³-hybridized carbons (Fsp3) is 0.350. The Labute approximate surface area is 184 Å². The van der Waals surface area contributed by atoms with Crippen molar-refractivity contribution in [1.29, 1.82) is 0 Å². The third-order valence-corrected chi connectivity index (χ3v) is 8.91. The van der Waals surface area contributed by atoms with Crippen molar-refractivity contribution in [3.63, 3.8) is 0 Å². The zero-order valence-corrected chi connectivity index (χ0v) is 19.2. The molecule has 0 spiro atoms. The first-order valence-electron chi connectivity index (χ1n) is 9.40. The lowest BCUT2D eigenvalue weighted by Crippen LogP contribution is -2.29. The molecule has 3 heterocycles. The van der Waals surface area contributed by atoms with Crippen LogP contribution in [-0.2, 0) is 27.9 Å². The van der Waals surface area contributed by atoms with Crippen LogP contribution in [0.15, 0.2) is 56.7 Å². The zero-order valence-electron chi connectivity index (χ0n) is 16.0. The van der Waals surface area contributed by atoms with Crippen molar-refractivity contribution in [1.82, 2.24) is 9.62 Å². The molecule has 3 rings (SSSR count). The molecule has 0 bridgehead atoms. The molecule has 0 aromatic carbocycles. The van der Waals surface area contributed by atoms with E-state index >= 15 is 0 Å². The van der Waals surface area contributed by atoms with E-state index in [9.17, 15) is 13.2 Å². The minimum atomic E-state index is -3.40. The van der Waals surface area contributed by atoms with Gasteiger partial charge in [0.05, 0.1) is 13.1 Å². The van der Waals surface area contributed by atoms with Crippen LogP contribution in [0.25, 0.3) is 0 Å². The van der Waals surface area contributed by atoms with Gasteiger partial charge >= 0.3 is 0 Å². The first kappa shape index (κ1) is 22.2. The van der Waals surface area contributed by atoms with Crippen LogP contribution >= 0.6 is 34.0 Å². The predicted molar refractivity (Wildman–Crippen MR) is 121 cm³/mol. The lowest BCUT2D eigenvalue weighted by Gasteiger charge is -2.21. The van der Waals surface area contributed by atoms with Crippen LogP contribution in [0.2, 0.25) is 0 Å². The van der Waals surface area contributed by atoms with Crippen molar-refractivity contribution in [3.05, 3.63) is 62.3 Å². The highest BCUT2D eigenvalue weighted by molar-refractivity contribution is 7.91. The van der Waals surface area contributed by atoms with Gasteiger partial charge in [0.1, 0.15) is 4.21 Å². The number of nitrogens with zero attached hydrogens (tertiary/aromatic N) is 1. The molecule has 0 radical (unpaired) electrons. The van der Waals surface area contributed by atoms with Gasteiger partial charge in [-0.25, -0.2) is 13.1 Å². The standard InChI is InChI=1S/C20H24N2O3S4/c23-19(9-2-1-3-11-21-29(24,25)20-10-6-14-28-20)22(15-17-7-4-12-26-17)16-18-8-5-13-27-18/h4-8,10,12-14,21H,1-3,9,11,15-16H2. The van der Waals surface area contributed by atoms with Gasteiger partial charge in [-0.2, -0.15) is 0 Å². The van der Waals surface area contributed by atoms with Crippen LogP contribution in [0.4, 0.5) is 0 Å². The molecule has 0 atom stereocenters. The van der Waals surface area contributed by atoms with Crippen molar-refractivity contribution < 1.29 is 13.2 Å². The van der Waals surface area contributed by atoms with E-state index in [2.05, 4.69) is 16.9 Å². The minimum absolute atomic E-state index is 0.144. The van der Waals surface area contributed by atoms with E-state index in [1.165, 1.54) is 21.1 Å². The molecule has 0 unspecified atom stereocenters. The van der Waals surface area contributed by atoms with Gasteiger partial charge in [0.15, 0.2) is 0 Å². The van der Waals surface area contributed by atoms with Gasteiger partial charge in [0.25, 0.3) is 0 Å². The van der Waals surface area contributed by atoms with E-state index in [0.29, 0.717) is 36.7 Å². The summed E-state index contributed by atoms with van der Waals surface area (Å²) in [5, 5.41) is 5.80. The first-order chi connectivity index (χ1) is 14.0. The van der Waals surface area contributed by atoms with Crippen LogP contribution in [0.3, 0.4) is 0 Å². The number of sulfonamides is 1. The topological polar surface area (TPSA) is 66.5 Å². The van der Waals surface area contributed by atoms with E-state index in [0.717, 1.165) is 12.8 Å². The summed E-state index contributed by atoms with van der Waals surface area (Å²) in [6, 6.07) is 11.4. The van der Waals surface area contributed by atoms with Crippen molar-refractivity contribution in [2.45, 2.75) is 43.0 Å². The molecule has 1 amide bonds. The quantitative estimate of drug-likeness (QED) is 0.383. The Balaban J connectivity index is 1.41. The molecular weight excluding hydrogens is 444 g/mol. The number of hydrogen-bond acceptors (Lipinski definition) is 6. The number of rotatable bonds is 12. The second-order valence-corrected chi connectivity index (χ2v) is 11.6. The lowest BCUT2D eigenvalue weighted by atomic mass is 10.1. The summed E-state index contributed by atoms with van der Waals surface area (Å²) in [6.07, 6.45) is 2.76. The third kappa shape index (κ3) is 7.04. The average molecular weight is 469 g/mol. The van der Waals surface area contributed by atoms with E-state index in [4.69, 9.17) is 0 Å². The fourth-order valence-electron chi connectivity index (χ4n) is 2.84. The van der Waals surface area contributed by atoms with Crippen LogP contribution in [0.1, 0.15) is 35.4 Å². The maximum atomic E-state index is 12.8. The van der Waals surface area contributed by atoms with Gasteiger partial charge in [0, 0.05) is 22.7 Å². The monoisotopic (exact) mass is 468 g/mol. The molecule has 5 nitrogen and oxygen atoms in total. The largest absolute Gasteiger partial charge is 0.332 e. The summed E-state index contributed by atoms with van der Waals surface area (Å²) < 4.78 is 27.1. The van der Waals surface area contributed by atoms with E-state index in [1.54, 1.807) is 40.2 Å². The number of thiophene rings is 3. The normalized spacial score (nSPS) is 11.6. The molecule has 29 heavy (non-hydrogen) atoms. The second kappa shape index (κ2) is 11.0. The van der Waals surface area contributed by atoms with Gasteiger partial charge in [-0.15, -0.1) is 34.0 Å². The minimum Gasteiger partial charge on any atom is -0.332 e. The van der Waals surface area contributed by atoms with Crippen molar-refractivity contribution >= 4 is 49.9 Å². The summed E-state index contributed by atoms with van der Waals surface area (Å²) in [5.41, 5.74) is 0. The van der Waals surface area contributed by atoms with E-state index in [1.807, 2.05) is 27.8 Å². The van der Waals surface area contributed by atoms with Gasteiger partial charge in [-0.05, 0) is 47.2 Å². The Hall–Kier alpha value is -1.52. The maximum absolute atomic E-state index is 12.8. The molecule has 0 saturated carbocycles. The summed E-state index contributed by atoms with van der Waals surface area (Å²) in [7, 11) is -3.40. The second-order valence-electron chi connectivity index (χ2n) is 6.55. The molecule has 0 aliphatic carbocycles. The van der Waals surface area contributed by atoms with Gasteiger partial charge in [0.2, 0.25) is 15.9 Å². The molecular formula is C20H24N2O3S4. The van der Waals surface area contributed by atoms with E-state index in [-0.39, 0.29) is 5.91 Å². The third-order valence-electron chi connectivity index (χ3n) is 4.33. The Kier molecular flexibility index (Phi) is 8.43. The number of hydrogen-bond donors (Lipinski definition) is 1. The summed E-state index contributed by atoms with van der Waals surface area (Å²) >= 11 is 4.53. The zero-order chi connectivity index (χ0) is 20.5. The Morgan fingerprint density at radius 1 is 0.862 bits per heavy atom. The fourth-order valence-corrected chi connectivity index (χ4v) is 6.39. The van der Waals surface area contributed by atoms with Crippen molar-refractivity contribution in [2.24, 2.45) is 0 Å². The highest BCUT2D eigenvalue weighted by Gasteiger charge is 2.16. The predicted octanol–water partition coefficient (Wildman–Crippen LogP) is 4.94. The number of carbonyl (C=O) groups is 1. The smallest absolute Gasteiger partial charge is 0.250 e. The highest BCUT2D eigenvalue weighted by Crippen LogP contribution is 2.19.